The van der Waals surface area contributed by atoms with Crippen molar-refractivity contribution < 1.29 is 9.22 Å². The predicted molar refractivity (Wildman–Crippen MR) is 50.5 cm³/mol. The summed E-state index contributed by atoms with van der Waals surface area (Å²) in [5.41, 5.74) is 0. The third-order valence-electron chi connectivity index (χ3n) is 3.93. The maximum Gasteiger partial charge on any atom is 0.127 e. The van der Waals surface area contributed by atoms with Crippen LogP contribution in [0.5, 0.6) is 0 Å². The highest BCUT2D eigenvalue weighted by atomic mass is 16.5. The van der Waals surface area contributed by atoms with Gasteiger partial charge in [-0.05, 0) is 0 Å². The summed E-state index contributed by atoms with van der Waals surface area (Å²) in [5.74, 6) is 0. The molecule has 13 heavy (non-hydrogen) atoms. The fourth-order valence-corrected chi connectivity index (χ4v) is 3.00. The van der Waals surface area contributed by atoms with E-state index in [1.807, 2.05) is 0 Å². The van der Waals surface area contributed by atoms with Crippen LogP contribution < -0.4 is 5.32 Å². The van der Waals surface area contributed by atoms with Crippen molar-refractivity contribution in [3.63, 3.8) is 0 Å². The maximum absolute atomic E-state index is 5.80. The smallest absolute Gasteiger partial charge is 0.127 e. The maximum atomic E-state index is 5.80. The predicted octanol–water partition coefficient (Wildman–Crippen LogP) is -0.0340. The first-order chi connectivity index (χ1) is 6.28. The van der Waals surface area contributed by atoms with Gasteiger partial charge in [0, 0.05) is 19.4 Å². The van der Waals surface area contributed by atoms with Gasteiger partial charge in [-0.15, -0.1) is 0 Å². The highest BCUT2D eigenvalue weighted by Crippen LogP contribution is 2.37. The van der Waals surface area contributed by atoms with Crippen molar-refractivity contribution in [2.75, 3.05) is 33.3 Å². The van der Waals surface area contributed by atoms with E-state index in [0.717, 1.165) is 19.2 Å². The van der Waals surface area contributed by atoms with E-state index < -0.39 is 0 Å². The average Bonchev–Trinajstić information content (AvgIpc) is 2.88. The Hall–Kier alpha value is -0.120. The first kappa shape index (κ1) is 8.21. The summed E-state index contributed by atoms with van der Waals surface area (Å²) in [5, 5.41) is 3.58. The van der Waals surface area contributed by atoms with E-state index in [4.69, 9.17) is 4.74 Å². The first-order valence-corrected chi connectivity index (χ1v) is 5.47. The quantitative estimate of drug-likeness (QED) is 0.576. The zero-order valence-corrected chi connectivity index (χ0v) is 8.33. The Kier molecular flexibility index (Phi) is 1.70. The molecule has 2 saturated heterocycles. The zero-order chi connectivity index (χ0) is 8.89. The molecule has 1 saturated carbocycles. The van der Waals surface area contributed by atoms with Gasteiger partial charge in [0.2, 0.25) is 0 Å². The van der Waals surface area contributed by atoms with Crippen molar-refractivity contribution in [3.05, 3.63) is 0 Å². The number of fused-ring (bicyclic) bond motifs is 1. The molecular formula is C10H19N2O+. The van der Waals surface area contributed by atoms with Crippen LogP contribution in [0.1, 0.15) is 12.8 Å². The number of hydrogen-bond acceptors (Lipinski definition) is 2. The molecule has 3 atom stereocenters. The van der Waals surface area contributed by atoms with E-state index in [2.05, 4.69) is 12.4 Å². The molecule has 2 heterocycles. The molecule has 3 fully saturated rings. The Balaban J connectivity index is 1.74. The molecule has 0 radical (unpaired) electrons. The number of hydrogen-bond donors (Lipinski definition) is 1. The van der Waals surface area contributed by atoms with Crippen molar-refractivity contribution in [2.24, 2.45) is 0 Å². The van der Waals surface area contributed by atoms with Crippen LogP contribution in [0, 0.1) is 0 Å². The SMILES string of the molecule is C[N+]1(C2CC2)CC2NCCOC2C1. The minimum atomic E-state index is 0.499. The summed E-state index contributed by atoms with van der Waals surface area (Å²) in [6.07, 6.45) is 3.38. The van der Waals surface area contributed by atoms with Gasteiger partial charge in [-0.3, -0.25) is 0 Å². The third kappa shape index (κ3) is 1.30. The summed E-state index contributed by atoms with van der Waals surface area (Å²) in [6, 6.07) is 1.59. The van der Waals surface area contributed by atoms with Crippen LogP contribution >= 0.6 is 0 Å². The van der Waals surface area contributed by atoms with Gasteiger partial charge in [-0.1, -0.05) is 0 Å². The largest absolute Gasteiger partial charge is 0.369 e. The summed E-state index contributed by atoms with van der Waals surface area (Å²) >= 11 is 0. The van der Waals surface area contributed by atoms with Crippen LogP contribution in [0.4, 0.5) is 0 Å². The molecule has 0 aromatic heterocycles. The number of quaternary nitrogens is 1. The second kappa shape index (κ2) is 2.69. The van der Waals surface area contributed by atoms with Gasteiger partial charge in [0.15, 0.2) is 0 Å². The number of nitrogens with zero attached hydrogens (tertiary/aromatic N) is 1. The van der Waals surface area contributed by atoms with Crippen LogP contribution in [-0.2, 0) is 4.74 Å². The van der Waals surface area contributed by atoms with Crippen LogP contribution in [0.2, 0.25) is 0 Å². The van der Waals surface area contributed by atoms with Crippen LogP contribution in [0.15, 0.2) is 0 Å². The van der Waals surface area contributed by atoms with E-state index in [1.165, 1.54) is 30.4 Å². The molecule has 3 unspecified atom stereocenters. The number of nitrogens with one attached hydrogen (secondary N) is 1. The van der Waals surface area contributed by atoms with Crippen molar-refractivity contribution in [1.29, 1.82) is 0 Å². The number of likely N-dealkylation sites (tertiary alicyclic amines) is 1. The molecule has 3 heteroatoms. The summed E-state index contributed by atoms with van der Waals surface area (Å²) in [6.45, 7) is 4.48. The lowest BCUT2D eigenvalue weighted by molar-refractivity contribution is -0.910. The number of likely N-dealkylation sites (N-methyl/N-ethyl adjacent to an activating group) is 1. The van der Waals surface area contributed by atoms with Crippen LogP contribution in [0.3, 0.4) is 0 Å². The van der Waals surface area contributed by atoms with Gasteiger partial charge < -0.3 is 14.5 Å². The molecule has 0 spiro atoms. The van der Waals surface area contributed by atoms with Crippen molar-refractivity contribution in [1.82, 2.24) is 5.32 Å². The minimum Gasteiger partial charge on any atom is -0.369 e. The highest BCUT2D eigenvalue weighted by molar-refractivity contribution is 4.89. The Morgan fingerprint density at radius 1 is 1.31 bits per heavy atom. The van der Waals surface area contributed by atoms with Crippen LogP contribution in [-0.4, -0.2) is 56.0 Å². The van der Waals surface area contributed by atoms with Gasteiger partial charge in [0.25, 0.3) is 0 Å². The monoisotopic (exact) mass is 183 g/mol. The first-order valence-electron chi connectivity index (χ1n) is 5.47. The molecule has 0 aromatic rings. The third-order valence-corrected chi connectivity index (χ3v) is 3.93. The standard InChI is InChI=1S/C10H19N2O/c1-12(8-2-3-8)6-9-10(7-12)13-5-4-11-9/h8-11H,2-7H2,1H3/q+1. The summed E-state index contributed by atoms with van der Waals surface area (Å²) in [7, 11) is 2.40. The van der Waals surface area contributed by atoms with E-state index in [-0.39, 0.29) is 0 Å². The van der Waals surface area contributed by atoms with Crippen molar-refractivity contribution >= 4 is 0 Å². The second-order valence-electron chi connectivity index (χ2n) is 5.05. The molecule has 3 nitrogen and oxygen atoms in total. The highest BCUT2D eigenvalue weighted by Gasteiger charge is 2.51. The van der Waals surface area contributed by atoms with Gasteiger partial charge in [-0.25, -0.2) is 0 Å². The molecule has 74 valence electrons. The molecule has 0 aromatic carbocycles. The lowest BCUT2D eigenvalue weighted by atomic mass is 10.2. The Labute approximate surface area is 79.6 Å². The Bertz CT molecular complexity index is 201. The van der Waals surface area contributed by atoms with Crippen molar-refractivity contribution in [3.8, 4) is 0 Å². The molecular weight excluding hydrogens is 164 g/mol. The molecule has 0 amide bonds. The number of morpholine rings is 1. The van der Waals surface area contributed by atoms with Crippen molar-refractivity contribution in [2.45, 2.75) is 31.0 Å². The molecule has 1 aliphatic carbocycles. The van der Waals surface area contributed by atoms with Gasteiger partial charge >= 0.3 is 0 Å². The van der Waals surface area contributed by atoms with E-state index in [1.54, 1.807) is 0 Å². The van der Waals surface area contributed by atoms with E-state index in [0.29, 0.717) is 12.1 Å². The average molecular weight is 183 g/mol. The summed E-state index contributed by atoms with van der Waals surface area (Å²) in [4.78, 5) is 0. The number of ether oxygens (including phenoxy) is 1. The second-order valence-corrected chi connectivity index (χ2v) is 5.05. The molecule has 3 aliphatic rings. The number of rotatable bonds is 1. The molecule has 1 N–H and O–H groups in total. The van der Waals surface area contributed by atoms with Gasteiger partial charge in [0.05, 0.1) is 32.3 Å². The summed E-state index contributed by atoms with van der Waals surface area (Å²) < 4.78 is 7.06. The lowest BCUT2D eigenvalue weighted by Gasteiger charge is -2.29. The van der Waals surface area contributed by atoms with Gasteiger partial charge in [-0.2, -0.15) is 0 Å². The Morgan fingerprint density at radius 2 is 2.15 bits per heavy atom. The van der Waals surface area contributed by atoms with E-state index >= 15 is 0 Å². The fraction of sp³-hybridized carbons (Fsp3) is 1.00. The minimum absolute atomic E-state index is 0.499. The molecule has 2 aliphatic heterocycles. The topological polar surface area (TPSA) is 21.3 Å². The van der Waals surface area contributed by atoms with Crippen LogP contribution in [0.25, 0.3) is 0 Å². The molecule has 3 rings (SSSR count). The van der Waals surface area contributed by atoms with Gasteiger partial charge in [0.1, 0.15) is 12.6 Å². The van der Waals surface area contributed by atoms with E-state index in [9.17, 15) is 0 Å². The normalized spacial score (nSPS) is 50.5. The lowest BCUT2D eigenvalue weighted by Crippen LogP contribution is -2.48. The fourth-order valence-electron chi connectivity index (χ4n) is 3.00. The Morgan fingerprint density at radius 3 is 2.85 bits per heavy atom. The zero-order valence-electron chi connectivity index (χ0n) is 8.33. The molecule has 0 bridgehead atoms.